The molecule has 1 aliphatic rings. The van der Waals surface area contributed by atoms with Crippen molar-refractivity contribution in [1.82, 2.24) is 0 Å². The normalized spacial score (nSPS) is 12.0. The van der Waals surface area contributed by atoms with Crippen LogP contribution in [0.4, 0.5) is 0 Å². The zero-order valence-electron chi connectivity index (χ0n) is 108. The van der Waals surface area contributed by atoms with Crippen molar-refractivity contribution >= 4 is 8.07 Å². The zero-order chi connectivity index (χ0) is 108. The minimum absolute atomic E-state index is 0. The van der Waals surface area contributed by atoms with Crippen molar-refractivity contribution in [3.05, 3.63) is 0 Å². The molecule has 0 bridgehead atoms. The standard InChI is InChI=1S/C14H30.2C13H28.C12H28Si.2C12H26.C11H24.C10H20.C10H22.C9H20.2C8H18.10CH4/c1-11(2)9-7-8-10-14(12(3)4)13(5)6;1-10(2)12(11(3)4)8-9-13(5,6)7;1-10(2)8-7-9-13(11(3)4)12(5)6;1-10(2)12(11(3)4)8-9-13(5,6)7;1-9(2)7-8-12(10(3)4)11(5)6;1-6-7-8-9-12(10(2)3)11(4)5;1-6-7-8-11(9(2)3)10(4)5;1-7(2)10(8(3)4)9-5-6-9;1-6-7-10(8(2)3)9(4)5;1-6-9(7(2)3)8(4)5;1-7(2)5-6-8(3)4;1-6(2)8(5)7(3)4;;;;;;;;;;/h11-14H,7-10H2,1-6H3;10-12H,8-9H2,1-7H3;10-13H,7-9H2,1-6H3;10-12H,8-9H2,1-7H3;9-12H,7-8H2,1-6H3;10-12H,6-9H2,1-5H3;9-11H,6-8H2,1-5H3;7-10H,5-6H2,1-4H3;8-10H,6-7H2,1-5H3;7-9H,6H2,1-5H3;7-8H,5-6H2,1-4H3;6-8H,1-5H3;10*1H4. The van der Waals surface area contributed by atoms with E-state index in [1.165, 1.54) is 173 Å². The van der Waals surface area contributed by atoms with Gasteiger partial charge in [0.15, 0.2) is 0 Å². The fourth-order valence-electron chi connectivity index (χ4n) is 21.8. The SMILES string of the molecule is C.C.C.C.C.C.C.C.C.C.CC(C)C(C(C)C)C1CC1.CC(C)C(C)C(C)C.CC(C)C(CCC(C)(C)C)C(C)C.CC(C)C(CC[Si](C)(C)C)C(C)C.CC(C)CCC(C(C)C)C(C)C.CC(C)CCC(C)C.CC(C)CCCC(C(C)C)C(C)C.CC(C)CCCCC(C(C)C)C(C)C.CCC(C(C)C)C(C)C.CCCC(C(C)C)C(C)C.CCCCC(C(C)C)C(C)C.CCCCCC(C(C)C)C(C)C. The van der Waals surface area contributed by atoms with Crippen LogP contribution in [0.3, 0.4) is 0 Å². The van der Waals surface area contributed by atoms with Crippen LogP contribution >= 0.6 is 0 Å². The summed E-state index contributed by atoms with van der Waals surface area (Å²) in [6.07, 6.45) is 36.6. The van der Waals surface area contributed by atoms with Crippen LogP contribution in [0.1, 0.15) is 670 Å². The fourth-order valence-corrected chi connectivity index (χ4v) is 23.0. The largest absolute Gasteiger partial charge is 0.0776 e. The third-order valence-electron chi connectivity index (χ3n) is 31.1. The van der Waals surface area contributed by atoms with E-state index in [4.69, 9.17) is 0 Å². The van der Waals surface area contributed by atoms with E-state index >= 15 is 0 Å². The van der Waals surface area contributed by atoms with Gasteiger partial charge in [-0.2, -0.15) is 0 Å². The Morgan fingerprint density at radius 2 is 0.385 bits per heavy atom. The Kier molecular flexibility index (Phi) is 158. The summed E-state index contributed by atoms with van der Waals surface area (Å²) < 4.78 is 0. The van der Waals surface area contributed by atoms with Crippen LogP contribution < -0.4 is 0 Å². The first-order chi connectivity index (χ1) is 60.5. The molecule has 0 amide bonds. The van der Waals surface area contributed by atoms with Crippen molar-refractivity contribution in [2.75, 3.05) is 0 Å². The zero-order valence-corrected chi connectivity index (χ0v) is 109. The molecule has 1 heteroatoms. The molecule has 1 fully saturated rings. The second-order valence-electron chi connectivity index (χ2n) is 56.5. The molecule has 0 nitrogen and oxygen atoms in total. The van der Waals surface area contributed by atoms with Gasteiger partial charge in [-0.3, -0.25) is 0 Å². The summed E-state index contributed by atoms with van der Waals surface area (Å²) in [4.78, 5) is 0. The van der Waals surface area contributed by atoms with Crippen LogP contribution in [0, 0.1) is 236 Å². The van der Waals surface area contributed by atoms with Gasteiger partial charge in [0, 0.05) is 8.07 Å². The van der Waals surface area contributed by atoms with Gasteiger partial charge in [-0.15, -0.1) is 0 Å². The Morgan fingerprint density at radius 3 is 0.552 bits per heavy atom. The van der Waals surface area contributed by atoms with E-state index in [0.29, 0.717) is 5.41 Å². The van der Waals surface area contributed by atoms with E-state index in [1.54, 1.807) is 0 Å². The van der Waals surface area contributed by atoms with Crippen LogP contribution in [0.5, 0.6) is 0 Å². The maximum Gasteiger partial charge on any atom is 0.0442 e. The molecular weight excluding hydrogens is 1730 g/mol. The molecule has 1 aliphatic carbocycles. The van der Waals surface area contributed by atoms with Crippen LogP contribution in [0.2, 0.25) is 25.7 Å². The van der Waals surface area contributed by atoms with Crippen molar-refractivity contribution in [3.63, 3.8) is 0 Å². The van der Waals surface area contributed by atoms with Gasteiger partial charge in [0.05, 0.1) is 0 Å². The van der Waals surface area contributed by atoms with Crippen LogP contribution in [0.15, 0.2) is 0 Å². The molecule has 1 rings (SSSR count). The van der Waals surface area contributed by atoms with Crippen molar-refractivity contribution < 1.29 is 0 Å². The lowest BCUT2D eigenvalue weighted by Crippen LogP contribution is -2.24. The molecule has 900 valence electrons. The van der Waals surface area contributed by atoms with E-state index in [1.807, 2.05) is 0 Å². The van der Waals surface area contributed by atoms with Gasteiger partial charge in [0.2, 0.25) is 0 Å². The predicted molar refractivity (Wildman–Crippen MR) is 706 cm³/mol. The lowest BCUT2D eigenvalue weighted by Gasteiger charge is -2.28. The maximum absolute atomic E-state index is 2.48. The number of hydrogen-bond acceptors (Lipinski definition) is 0. The van der Waals surface area contributed by atoms with Gasteiger partial charge < -0.3 is 0 Å². The average Bonchev–Trinajstić information content (AvgIpc) is 1.70. The van der Waals surface area contributed by atoms with Gasteiger partial charge in [-0.25, -0.2) is 0 Å². The summed E-state index contributed by atoms with van der Waals surface area (Å²) >= 11 is 0. The molecule has 0 saturated heterocycles. The van der Waals surface area contributed by atoms with Crippen LogP contribution in [-0.4, -0.2) is 8.07 Å². The summed E-state index contributed by atoms with van der Waals surface area (Å²) in [5.41, 5.74) is 0.502. The summed E-state index contributed by atoms with van der Waals surface area (Å²) in [6.45, 7) is 152. The molecule has 0 aromatic heterocycles. The molecule has 1 saturated carbocycles. The van der Waals surface area contributed by atoms with Gasteiger partial charge in [-0.1, -0.05) is 638 Å². The second-order valence-corrected chi connectivity index (χ2v) is 62.1. The Bertz CT molecular complexity index is 2070. The third kappa shape index (κ3) is 134. The van der Waals surface area contributed by atoms with Crippen molar-refractivity contribution in [2.45, 2.75) is 696 Å². The molecule has 0 N–H and O–H groups in total. The molecule has 0 radical (unpaired) electrons. The molecule has 0 heterocycles. The molecule has 0 atom stereocenters. The fraction of sp³-hybridized carbons (Fsp3) is 1.00. The predicted octanol–water partition coefficient (Wildman–Crippen LogP) is 54.9. The third-order valence-corrected chi connectivity index (χ3v) is 32.9. The summed E-state index contributed by atoms with van der Waals surface area (Å²) in [5.74, 6) is 34.6. The van der Waals surface area contributed by atoms with Crippen LogP contribution in [0.25, 0.3) is 0 Å². The Hall–Kier alpha value is 0.217. The van der Waals surface area contributed by atoms with Crippen molar-refractivity contribution in [3.8, 4) is 0 Å². The van der Waals surface area contributed by atoms with Crippen molar-refractivity contribution in [2.24, 2.45) is 236 Å². The van der Waals surface area contributed by atoms with E-state index < -0.39 is 8.07 Å². The quantitative estimate of drug-likeness (QED) is 0.0421. The first-order valence-corrected chi connectivity index (χ1v) is 64.2. The lowest BCUT2D eigenvalue weighted by atomic mass is 9.78. The highest BCUT2D eigenvalue weighted by atomic mass is 28.3. The molecule has 143 heavy (non-hydrogen) atoms. The first-order valence-electron chi connectivity index (χ1n) is 60.5. The summed E-state index contributed by atoms with van der Waals surface area (Å²) in [7, 11) is -0.812. The minimum Gasteiger partial charge on any atom is -0.0776 e. The van der Waals surface area contributed by atoms with E-state index in [2.05, 4.69) is 449 Å². The summed E-state index contributed by atoms with van der Waals surface area (Å²) in [6, 6.07) is 1.49. The minimum atomic E-state index is -0.812. The van der Waals surface area contributed by atoms with Crippen LogP contribution in [-0.2, 0) is 0 Å². The lowest BCUT2D eigenvalue weighted by molar-refractivity contribution is 0.226. The smallest absolute Gasteiger partial charge is 0.0442 e. The Labute approximate surface area is 934 Å². The van der Waals surface area contributed by atoms with Crippen molar-refractivity contribution in [1.29, 1.82) is 0 Å². The molecule has 0 aliphatic heterocycles. The van der Waals surface area contributed by atoms with Gasteiger partial charge in [-0.05, 0) is 294 Å². The first kappa shape index (κ1) is 194. The van der Waals surface area contributed by atoms with Gasteiger partial charge >= 0.3 is 0 Å². The van der Waals surface area contributed by atoms with Gasteiger partial charge in [0.25, 0.3) is 0 Å². The van der Waals surface area contributed by atoms with E-state index in [-0.39, 0.29) is 74.3 Å². The second kappa shape index (κ2) is 116. The molecular formula is C142H328Si. The molecule has 0 aromatic carbocycles. The monoisotopic (exact) mass is 2060 g/mol. The average molecular weight is 2060 g/mol. The number of hydrogen-bond donors (Lipinski definition) is 0. The topological polar surface area (TPSA) is 0 Å². The Balaban J connectivity index is -0.0000000596. The number of unbranched alkanes of at least 4 members (excludes halogenated alkanes) is 4. The Morgan fingerprint density at radius 1 is 0.189 bits per heavy atom. The highest BCUT2D eigenvalue weighted by molar-refractivity contribution is 6.76. The van der Waals surface area contributed by atoms with E-state index in [0.717, 1.165) is 231 Å². The highest BCUT2D eigenvalue weighted by Gasteiger charge is 2.35. The number of rotatable bonds is 53. The highest BCUT2D eigenvalue weighted by Crippen LogP contribution is 2.44. The molecule has 0 spiro atoms. The molecule has 0 unspecified atom stereocenters. The van der Waals surface area contributed by atoms with E-state index in [9.17, 15) is 0 Å². The molecule has 0 aromatic rings. The summed E-state index contributed by atoms with van der Waals surface area (Å²) in [5, 5.41) is 0. The maximum atomic E-state index is 2.48. The van der Waals surface area contributed by atoms with Gasteiger partial charge in [0.1, 0.15) is 0 Å².